The highest BCUT2D eigenvalue weighted by molar-refractivity contribution is 6.12. The van der Waals surface area contributed by atoms with Crippen molar-refractivity contribution in [3.8, 4) is 5.75 Å². The first-order chi connectivity index (χ1) is 14.4. The third-order valence-electron chi connectivity index (χ3n) is 5.05. The molecule has 154 valence electrons. The van der Waals surface area contributed by atoms with Gasteiger partial charge in [-0.3, -0.25) is 19.5 Å². The Hall–Kier alpha value is -3.48. The summed E-state index contributed by atoms with van der Waals surface area (Å²) in [6, 6.07) is 10.7. The van der Waals surface area contributed by atoms with E-state index in [1.54, 1.807) is 18.5 Å². The fraction of sp³-hybridized carbons (Fsp3) is 0.261. The van der Waals surface area contributed by atoms with E-state index in [0.717, 1.165) is 10.8 Å². The number of ether oxygens (including phenoxy) is 1. The molecule has 1 N–H and O–H groups in total. The number of pyridine rings is 1. The molecular formula is C23H22FN3O3. The monoisotopic (exact) mass is 407 g/mol. The van der Waals surface area contributed by atoms with E-state index in [1.165, 1.54) is 23.1 Å². The van der Waals surface area contributed by atoms with Crippen LogP contribution in [0.25, 0.3) is 10.8 Å². The summed E-state index contributed by atoms with van der Waals surface area (Å²) < 4.78 is 19.5. The number of halogens is 1. The van der Waals surface area contributed by atoms with Crippen LogP contribution in [-0.4, -0.2) is 29.4 Å². The minimum atomic E-state index is -0.684. The molecular weight excluding hydrogens is 385 g/mol. The average Bonchev–Trinajstić information content (AvgIpc) is 2.72. The molecule has 4 rings (SSSR count). The first-order valence-corrected chi connectivity index (χ1v) is 9.82. The maximum atomic E-state index is 13.7. The number of nitrogens with zero attached hydrogens (tertiary/aromatic N) is 2. The lowest BCUT2D eigenvalue weighted by Gasteiger charge is -2.37. The van der Waals surface area contributed by atoms with Crippen molar-refractivity contribution >= 4 is 34.0 Å². The smallest absolute Gasteiger partial charge is 0.265 e. The standard InChI is InChI=1S/C23H22FN3O3/c1-14(2)10-20-23(29)26-18-11-16(24)6-7-19(18)27(20)22(28)13-30-21-5-3-4-15-12-25-9-8-17(15)21/h3-9,11-12,14,20H,10,13H2,1-2H3,(H,26,29). The number of aromatic nitrogens is 1. The maximum absolute atomic E-state index is 13.7. The van der Waals surface area contributed by atoms with E-state index in [2.05, 4.69) is 10.3 Å². The third kappa shape index (κ3) is 3.83. The summed E-state index contributed by atoms with van der Waals surface area (Å²) in [7, 11) is 0. The highest BCUT2D eigenvalue weighted by atomic mass is 19.1. The van der Waals surface area contributed by atoms with Gasteiger partial charge in [-0.1, -0.05) is 26.0 Å². The van der Waals surface area contributed by atoms with Gasteiger partial charge in [-0.25, -0.2) is 4.39 Å². The number of anilines is 2. The van der Waals surface area contributed by atoms with Gasteiger partial charge in [0, 0.05) is 23.2 Å². The molecule has 0 fully saturated rings. The number of fused-ring (bicyclic) bond motifs is 2. The molecule has 7 heteroatoms. The SMILES string of the molecule is CC(C)CC1C(=O)Nc2cc(F)ccc2N1C(=O)COc1cccc2cnccc12. The Bertz CT molecular complexity index is 1110. The Morgan fingerprint density at radius 3 is 2.90 bits per heavy atom. The van der Waals surface area contributed by atoms with Crippen LogP contribution in [-0.2, 0) is 9.59 Å². The van der Waals surface area contributed by atoms with E-state index in [4.69, 9.17) is 4.74 Å². The minimum Gasteiger partial charge on any atom is -0.483 e. The van der Waals surface area contributed by atoms with Crippen LogP contribution in [0.15, 0.2) is 54.9 Å². The van der Waals surface area contributed by atoms with Gasteiger partial charge in [0.05, 0.1) is 11.4 Å². The van der Waals surface area contributed by atoms with Crippen molar-refractivity contribution in [2.45, 2.75) is 26.3 Å². The number of nitrogens with one attached hydrogen (secondary N) is 1. The molecule has 2 amide bonds. The van der Waals surface area contributed by atoms with Gasteiger partial charge in [-0.05, 0) is 42.7 Å². The number of amides is 2. The van der Waals surface area contributed by atoms with Crippen molar-refractivity contribution in [1.82, 2.24) is 4.98 Å². The molecule has 0 radical (unpaired) electrons. The fourth-order valence-corrected chi connectivity index (χ4v) is 3.71. The predicted octanol–water partition coefficient (Wildman–Crippen LogP) is 4.15. The number of carbonyl (C=O) groups is 2. The molecule has 3 aromatic rings. The Balaban J connectivity index is 1.63. The zero-order valence-corrected chi connectivity index (χ0v) is 16.8. The molecule has 1 aliphatic rings. The Morgan fingerprint density at radius 1 is 1.27 bits per heavy atom. The molecule has 2 aromatic carbocycles. The Kier molecular flexibility index (Phi) is 5.35. The van der Waals surface area contributed by atoms with Crippen molar-refractivity contribution in [2.75, 3.05) is 16.8 Å². The third-order valence-corrected chi connectivity index (χ3v) is 5.05. The lowest BCUT2D eigenvalue weighted by atomic mass is 9.98. The van der Waals surface area contributed by atoms with Gasteiger partial charge in [-0.15, -0.1) is 0 Å². The largest absolute Gasteiger partial charge is 0.483 e. The van der Waals surface area contributed by atoms with Crippen molar-refractivity contribution < 1.29 is 18.7 Å². The summed E-state index contributed by atoms with van der Waals surface area (Å²) in [4.78, 5) is 31.4. The molecule has 1 unspecified atom stereocenters. The van der Waals surface area contributed by atoms with Crippen LogP contribution in [0.4, 0.5) is 15.8 Å². The molecule has 2 heterocycles. The van der Waals surface area contributed by atoms with E-state index in [-0.39, 0.29) is 30.0 Å². The molecule has 0 bridgehead atoms. The minimum absolute atomic E-state index is 0.185. The van der Waals surface area contributed by atoms with E-state index < -0.39 is 11.9 Å². The van der Waals surface area contributed by atoms with Crippen molar-refractivity contribution in [3.05, 3.63) is 60.7 Å². The molecule has 0 aliphatic carbocycles. The second kappa shape index (κ2) is 8.10. The number of rotatable bonds is 5. The van der Waals surface area contributed by atoms with Gasteiger partial charge in [0.25, 0.3) is 5.91 Å². The molecule has 1 atom stereocenters. The number of hydrogen-bond acceptors (Lipinski definition) is 4. The van der Waals surface area contributed by atoms with Crippen LogP contribution >= 0.6 is 0 Å². The second-order valence-electron chi connectivity index (χ2n) is 7.70. The lowest BCUT2D eigenvalue weighted by molar-refractivity contribution is -0.125. The molecule has 1 aromatic heterocycles. The first kappa shape index (κ1) is 19.8. The van der Waals surface area contributed by atoms with Crippen molar-refractivity contribution in [1.29, 1.82) is 0 Å². The second-order valence-corrected chi connectivity index (χ2v) is 7.70. The van der Waals surface area contributed by atoms with Gasteiger partial charge >= 0.3 is 0 Å². The summed E-state index contributed by atoms with van der Waals surface area (Å²) in [6.45, 7) is 3.72. The quantitative estimate of drug-likeness (QED) is 0.690. The van der Waals surface area contributed by atoms with Crippen LogP contribution in [0.2, 0.25) is 0 Å². The number of hydrogen-bond donors (Lipinski definition) is 1. The highest BCUT2D eigenvalue weighted by Gasteiger charge is 2.37. The van der Waals surface area contributed by atoms with Crippen LogP contribution in [0.1, 0.15) is 20.3 Å². The normalized spacial score (nSPS) is 15.8. The number of benzene rings is 2. The Labute approximate surface area is 173 Å². The summed E-state index contributed by atoms with van der Waals surface area (Å²) in [5.41, 5.74) is 0.752. The zero-order valence-electron chi connectivity index (χ0n) is 16.8. The van der Waals surface area contributed by atoms with Gasteiger partial charge in [0.15, 0.2) is 6.61 Å². The maximum Gasteiger partial charge on any atom is 0.265 e. The summed E-state index contributed by atoms with van der Waals surface area (Å²) in [5, 5.41) is 4.46. The van der Waals surface area contributed by atoms with E-state index in [9.17, 15) is 14.0 Å². The topological polar surface area (TPSA) is 71.5 Å². The molecule has 0 saturated carbocycles. The lowest BCUT2D eigenvalue weighted by Crippen LogP contribution is -2.53. The number of carbonyl (C=O) groups excluding carboxylic acids is 2. The zero-order chi connectivity index (χ0) is 21.3. The van der Waals surface area contributed by atoms with Crippen LogP contribution in [0.3, 0.4) is 0 Å². The Morgan fingerprint density at radius 2 is 2.10 bits per heavy atom. The van der Waals surface area contributed by atoms with Crippen LogP contribution < -0.4 is 15.0 Å². The van der Waals surface area contributed by atoms with E-state index in [1.807, 2.05) is 32.0 Å². The molecule has 6 nitrogen and oxygen atoms in total. The summed E-state index contributed by atoms with van der Waals surface area (Å²) in [6.07, 6.45) is 3.87. The van der Waals surface area contributed by atoms with Gasteiger partial charge < -0.3 is 10.1 Å². The van der Waals surface area contributed by atoms with E-state index >= 15 is 0 Å². The van der Waals surface area contributed by atoms with Gasteiger partial charge in [0.2, 0.25) is 5.91 Å². The highest BCUT2D eigenvalue weighted by Crippen LogP contribution is 2.35. The summed E-state index contributed by atoms with van der Waals surface area (Å²) >= 11 is 0. The van der Waals surface area contributed by atoms with Gasteiger partial charge in [-0.2, -0.15) is 0 Å². The molecule has 1 aliphatic heterocycles. The summed E-state index contributed by atoms with van der Waals surface area (Å²) in [5.74, 6) is -0.431. The molecule has 0 spiro atoms. The van der Waals surface area contributed by atoms with Crippen LogP contribution in [0.5, 0.6) is 5.75 Å². The van der Waals surface area contributed by atoms with Crippen molar-refractivity contribution in [3.63, 3.8) is 0 Å². The fourth-order valence-electron chi connectivity index (χ4n) is 3.71. The predicted molar refractivity (Wildman–Crippen MR) is 113 cm³/mol. The molecule has 30 heavy (non-hydrogen) atoms. The van der Waals surface area contributed by atoms with E-state index in [0.29, 0.717) is 17.9 Å². The van der Waals surface area contributed by atoms with Gasteiger partial charge in [0.1, 0.15) is 17.6 Å². The first-order valence-electron chi connectivity index (χ1n) is 9.82. The molecule has 0 saturated heterocycles. The average molecular weight is 407 g/mol. The van der Waals surface area contributed by atoms with Crippen LogP contribution in [0, 0.1) is 11.7 Å². The van der Waals surface area contributed by atoms with Crippen molar-refractivity contribution in [2.24, 2.45) is 5.92 Å².